The summed E-state index contributed by atoms with van der Waals surface area (Å²) < 4.78 is 14.2. The number of fused-ring (bicyclic) bond motifs is 1. The minimum atomic E-state index is -0.491. The Bertz CT molecular complexity index is 717. The summed E-state index contributed by atoms with van der Waals surface area (Å²) in [6, 6.07) is 9.56. The monoisotopic (exact) mass is 348 g/mol. The van der Waals surface area contributed by atoms with Crippen LogP contribution < -0.4 is 11.1 Å². The van der Waals surface area contributed by atoms with Gasteiger partial charge in [-0.1, -0.05) is 28.1 Å². The molecule has 1 atom stereocenters. The second-order valence-corrected chi connectivity index (χ2v) is 5.92. The quantitative estimate of drug-likeness (QED) is 0.876. The molecule has 3 N–H and O–H groups in total. The number of carbonyl (C=O) groups excluding carboxylic acids is 1. The summed E-state index contributed by atoms with van der Waals surface area (Å²) in [5.74, 6) is -0.414. The highest BCUT2D eigenvalue weighted by molar-refractivity contribution is 9.10. The van der Waals surface area contributed by atoms with Crippen molar-refractivity contribution >= 4 is 21.8 Å². The standard InChI is InChI=1S/C16H14BrFN2O/c17-14-4-3-11(18)8-13(14)15(19)10-2-1-9-5-6-20-16(21)12(9)7-10/h1-4,7-8,15H,5-6,19H2,(H,20,21). The number of halogens is 2. The zero-order valence-electron chi connectivity index (χ0n) is 11.2. The number of amides is 1. The van der Waals surface area contributed by atoms with Gasteiger partial charge in [0.15, 0.2) is 0 Å². The molecule has 0 aromatic heterocycles. The molecular weight excluding hydrogens is 335 g/mol. The summed E-state index contributed by atoms with van der Waals surface area (Å²) in [5.41, 5.74) is 9.36. The van der Waals surface area contributed by atoms with E-state index in [1.165, 1.54) is 12.1 Å². The minimum Gasteiger partial charge on any atom is -0.352 e. The van der Waals surface area contributed by atoms with Crippen LogP contribution in [0.3, 0.4) is 0 Å². The van der Waals surface area contributed by atoms with Gasteiger partial charge in [0, 0.05) is 16.6 Å². The van der Waals surface area contributed by atoms with E-state index in [0.29, 0.717) is 17.7 Å². The topological polar surface area (TPSA) is 55.1 Å². The molecule has 2 aromatic carbocycles. The van der Waals surface area contributed by atoms with Gasteiger partial charge in [-0.2, -0.15) is 0 Å². The van der Waals surface area contributed by atoms with E-state index in [4.69, 9.17) is 5.73 Å². The van der Waals surface area contributed by atoms with Crippen LogP contribution in [0.1, 0.15) is 33.1 Å². The Balaban J connectivity index is 2.02. The molecule has 1 aliphatic heterocycles. The van der Waals surface area contributed by atoms with Crippen molar-refractivity contribution in [3.63, 3.8) is 0 Å². The normalized spacial score (nSPS) is 15.3. The van der Waals surface area contributed by atoms with Gasteiger partial charge in [0.1, 0.15) is 5.82 Å². The lowest BCUT2D eigenvalue weighted by Gasteiger charge is -2.20. The van der Waals surface area contributed by atoms with E-state index in [9.17, 15) is 9.18 Å². The maximum absolute atomic E-state index is 13.4. The third kappa shape index (κ3) is 2.71. The summed E-state index contributed by atoms with van der Waals surface area (Å²) in [6.07, 6.45) is 0.820. The Morgan fingerprint density at radius 1 is 1.24 bits per heavy atom. The van der Waals surface area contributed by atoms with Crippen LogP contribution in [-0.2, 0) is 6.42 Å². The van der Waals surface area contributed by atoms with Gasteiger partial charge < -0.3 is 11.1 Å². The maximum Gasteiger partial charge on any atom is 0.251 e. The lowest BCUT2D eigenvalue weighted by atomic mass is 9.93. The number of nitrogens with two attached hydrogens (primary N) is 1. The molecule has 21 heavy (non-hydrogen) atoms. The van der Waals surface area contributed by atoms with Crippen LogP contribution >= 0.6 is 15.9 Å². The molecule has 1 aliphatic rings. The number of carbonyl (C=O) groups is 1. The van der Waals surface area contributed by atoms with Gasteiger partial charge in [-0.15, -0.1) is 0 Å². The Morgan fingerprint density at radius 3 is 2.86 bits per heavy atom. The molecular formula is C16H14BrFN2O. The molecule has 0 aliphatic carbocycles. The molecule has 3 rings (SSSR count). The Labute approximate surface area is 130 Å². The fourth-order valence-electron chi connectivity index (χ4n) is 2.56. The van der Waals surface area contributed by atoms with Gasteiger partial charge >= 0.3 is 0 Å². The number of benzene rings is 2. The van der Waals surface area contributed by atoms with Crippen molar-refractivity contribution in [3.8, 4) is 0 Å². The fourth-order valence-corrected chi connectivity index (χ4v) is 3.05. The van der Waals surface area contributed by atoms with Crippen LogP contribution in [0, 0.1) is 5.82 Å². The third-order valence-electron chi connectivity index (χ3n) is 3.71. The molecule has 0 radical (unpaired) electrons. The lowest BCUT2D eigenvalue weighted by molar-refractivity contribution is 0.0946. The van der Waals surface area contributed by atoms with Crippen LogP contribution in [0.2, 0.25) is 0 Å². The second kappa shape index (κ2) is 5.58. The Morgan fingerprint density at radius 2 is 2.05 bits per heavy atom. The SMILES string of the molecule is NC(c1ccc2c(c1)C(=O)NCC2)c1cc(F)ccc1Br. The number of hydrogen-bond acceptors (Lipinski definition) is 2. The lowest BCUT2D eigenvalue weighted by Crippen LogP contribution is -2.32. The molecule has 5 heteroatoms. The smallest absolute Gasteiger partial charge is 0.251 e. The van der Waals surface area contributed by atoms with Crippen LogP contribution in [-0.4, -0.2) is 12.5 Å². The van der Waals surface area contributed by atoms with Crippen LogP contribution in [0.5, 0.6) is 0 Å². The van der Waals surface area contributed by atoms with Crippen molar-refractivity contribution in [2.24, 2.45) is 5.73 Å². The maximum atomic E-state index is 13.4. The van der Waals surface area contributed by atoms with Gasteiger partial charge in [0.05, 0.1) is 6.04 Å². The first-order chi connectivity index (χ1) is 10.1. The Hall–Kier alpha value is -1.72. The van der Waals surface area contributed by atoms with Crippen molar-refractivity contribution in [3.05, 3.63) is 68.9 Å². The summed E-state index contributed by atoms with van der Waals surface area (Å²) in [6.45, 7) is 0.659. The fraction of sp³-hybridized carbons (Fsp3) is 0.188. The van der Waals surface area contributed by atoms with E-state index in [2.05, 4.69) is 21.2 Å². The van der Waals surface area contributed by atoms with Gasteiger partial charge in [-0.05, 0) is 47.4 Å². The van der Waals surface area contributed by atoms with Crippen molar-refractivity contribution < 1.29 is 9.18 Å². The van der Waals surface area contributed by atoms with Crippen LogP contribution in [0.15, 0.2) is 40.9 Å². The average molecular weight is 349 g/mol. The summed E-state index contributed by atoms with van der Waals surface area (Å²) in [7, 11) is 0. The van der Waals surface area contributed by atoms with Crippen LogP contribution in [0.4, 0.5) is 4.39 Å². The first-order valence-corrected chi connectivity index (χ1v) is 7.47. The summed E-state index contributed by atoms with van der Waals surface area (Å²) in [5, 5.41) is 2.82. The average Bonchev–Trinajstić information content (AvgIpc) is 2.49. The Kier molecular flexibility index (Phi) is 3.78. The van der Waals surface area contributed by atoms with E-state index >= 15 is 0 Å². The molecule has 0 saturated carbocycles. The van der Waals surface area contributed by atoms with Gasteiger partial charge in [-0.25, -0.2) is 4.39 Å². The van der Waals surface area contributed by atoms with E-state index in [-0.39, 0.29) is 11.7 Å². The van der Waals surface area contributed by atoms with Gasteiger partial charge in [0.2, 0.25) is 0 Å². The van der Waals surface area contributed by atoms with Crippen LogP contribution in [0.25, 0.3) is 0 Å². The summed E-state index contributed by atoms with van der Waals surface area (Å²) in [4.78, 5) is 11.9. The van der Waals surface area contributed by atoms with E-state index in [1.54, 1.807) is 12.1 Å². The van der Waals surface area contributed by atoms with E-state index in [1.807, 2.05) is 12.1 Å². The predicted molar refractivity (Wildman–Crippen MR) is 82.6 cm³/mol. The largest absolute Gasteiger partial charge is 0.352 e. The molecule has 0 bridgehead atoms. The van der Waals surface area contributed by atoms with Crippen molar-refractivity contribution in [1.29, 1.82) is 0 Å². The van der Waals surface area contributed by atoms with Gasteiger partial charge in [-0.3, -0.25) is 4.79 Å². The minimum absolute atomic E-state index is 0.0800. The predicted octanol–water partition coefficient (Wildman–Crippen LogP) is 2.92. The van der Waals surface area contributed by atoms with Crippen molar-refractivity contribution in [2.45, 2.75) is 12.5 Å². The number of rotatable bonds is 2. The molecule has 108 valence electrons. The molecule has 1 amide bonds. The van der Waals surface area contributed by atoms with Crippen molar-refractivity contribution in [1.82, 2.24) is 5.32 Å². The highest BCUT2D eigenvalue weighted by Crippen LogP contribution is 2.29. The van der Waals surface area contributed by atoms with E-state index in [0.717, 1.165) is 22.0 Å². The molecule has 0 saturated heterocycles. The zero-order valence-corrected chi connectivity index (χ0v) is 12.8. The number of nitrogens with one attached hydrogen (secondary N) is 1. The highest BCUT2D eigenvalue weighted by Gasteiger charge is 2.20. The third-order valence-corrected chi connectivity index (χ3v) is 4.43. The molecule has 2 aromatic rings. The summed E-state index contributed by atoms with van der Waals surface area (Å²) >= 11 is 3.39. The van der Waals surface area contributed by atoms with Gasteiger partial charge in [0.25, 0.3) is 5.91 Å². The first-order valence-electron chi connectivity index (χ1n) is 6.68. The first kappa shape index (κ1) is 14.2. The molecule has 3 nitrogen and oxygen atoms in total. The zero-order chi connectivity index (χ0) is 15.0. The molecule has 0 fully saturated rings. The van der Waals surface area contributed by atoms with E-state index < -0.39 is 6.04 Å². The molecule has 1 heterocycles. The second-order valence-electron chi connectivity index (χ2n) is 5.07. The molecule has 0 spiro atoms. The number of hydrogen-bond donors (Lipinski definition) is 2. The molecule has 1 unspecified atom stereocenters. The van der Waals surface area contributed by atoms with Crippen molar-refractivity contribution in [2.75, 3.05) is 6.54 Å². The highest BCUT2D eigenvalue weighted by atomic mass is 79.9.